The van der Waals surface area contributed by atoms with Gasteiger partial charge in [-0.05, 0) is 50.2 Å². The van der Waals surface area contributed by atoms with Crippen molar-refractivity contribution in [2.24, 2.45) is 11.8 Å². The van der Waals surface area contributed by atoms with Crippen molar-refractivity contribution < 1.29 is 14.7 Å². The normalized spacial score (nSPS) is 27.2. The summed E-state index contributed by atoms with van der Waals surface area (Å²) < 4.78 is 0. The number of nitrogens with zero attached hydrogens (tertiary/aromatic N) is 1. The molecular formula is C19H24ClNO3. The molecule has 1 N–H and O–H groups in total. The van der Waals surface area contributed by atoms with Gasteiger partial charge in [-0.15, -0.1) is 0 Å². The molecule has 24 heavy (non-hydrogen) atoms. The van der Waals surface area contributed by atoms with Crippen molar-refractivity contribution in [2.75, 3.05) is 6.54 Å². The Morgan fingerprint density at radius 2 is 1.88 bits per heavy atom. The molecule has 0 spiro atoms. The van der Waals surface area contributed by atoms with Gasteiger partial charge in [-0.3, -0.25) is 9.59 Å². The predicted molar refractivity (Wildman–Crippen MR) is 93.0 cm³/mol. The number of likely N-dealkylation sites (tertiary alicyclic amines) is 1. The summed E-state index contributed by atoms with van der Waals surface area (Å²) in [6, 6.07) is 7.97. The molecule has 3 unspecified atom stereocenters. The molecule has 1 saturated heterocycles. The van der Waals surface area contributed by atoms with Crippen molar-refractivity contribution >= 4 is 23.5 Å². The number of carbonyl (C=O) groups is 2. The van der Waals surface area contributed by atoms with Crippen molar-refractivity contribution in [3.8, 4) is 0 Å². The van der Waals surface area contributed by atoms with Crippen LogP contribution in [0.2, 0.25) is 5.02 Å². The lowest BCUT2D eigenvalue weighted by atomic mass is 9.80. The number of halogens is 1. The van der Waals surface area contributed by atoms with Gasteiger partial charge in [0.2, 0.25) is 5.91 Å². The zero-order valence-corrected chi connectivity index (χ0v) is 14.5. The molecule has 3 atom stereocenters. The number of carboxylic acid groups (broad SMARTS) is 1. The van der Waals surface area contributed by atoms with E-state index in [2.05, 4.69) is 0 Å². The largest absolute Gasteiger partial charge is 0.481 e. The highest BCUT2D eigenvalue weighted by molar-refractivity contribution is 6.31. The van der Waals surface area contributed by atoms with E-state index >= 15 is 0 Å². The van der Waals surface area contributed by atoms with Crippen LogP contribution in [0, 0.1) is 11.8 Å². The minimum absolute atomic E-state index is 0.133. The fourth-order valence-electron chi connectivity index (χ4n) is 4.13. The van der Waals surface area contributed by atoms with Gasteiger partial charge < -0.3 is 10.0 Å². The van der Waals surface area contributed by atoms with Crippen LogP contribution < -0.4 is 0 Å². The molecule has 1 heterocycles. The van der Waals surface area contributed by atoms with Crippen LogP contribution in [0.5, 0.6) is 0 Å². The van der Waals surface area contributed by atoms with E-state index in [0.29, 0.717) is 12.8 Å². The third-order valence-corrected chi connectivity index (χ3v) is 5.82. The molecule has 2 fully saturated rings. The summed E-state index contributed by atoms with van der Waals surface area (Å²) in [4.78, 5) is 26.2. The second kappa shape index (κ2) is 7.56. The van der Waals surface area contributed by atoms with E-state index < -0.39 is 5.97 Å². The van der Waals surface area contributed by atoms with Gasteiger partial charge in [0, 0.05) is 23.5 Å². The highest BCUT2D eigenvalue weighted by Crippen LogP contribution is 2.33. The lowest BCUT2D eigenvalue weighted by Gasteiger charge is -2.32. The van der Waals surface area contributed by atoms with Crippen LogP contribution in [0.3, 0.4) is 0 Å². The molecular weight excluding hydrogens is 326 g/mol. The van der Waals surface area contributed by atoms with Crippen molar-refractivity contribution in [2.45, 2.75) is 51.0 Å². The maximum atomic E-state index is 13.0. The molecule has 1 aliphatic carbocycles. The molecule has 4 nitrogen and oxygen atoms in total. The minimum atomic E-state index is -0.762. The predicted octanol–water partition coefficient (Wildman–Crippen LogP) is 3.76. The summed E-state index contributed by atoms with van der Waals surface area (Å²) in [6.07, 6.45) is 5.61. The highest BCUT2D eigenvalue weighted by atomic mass is 35.5. The van der Waals surface area contributed by atoms with E-state index in [-0.39, 0.29) is 23.8 Å². The average Bonchev–Trinajstić information content (AvgIpc) is 3.04. The van der Waals surface area contributed by atoms with Gasteiger partial charge in [-0.25, -0.2) is 0 Å². The Kier molecular flexibility index (Phi) is 5.44. The van der Waals surface area contributed by atoms with E-state index in [9.17, 15) is 14.7 Å². The average molecular weight is 350 g/mol. The Morgan fingerprint density at radius 1 is 1.12 bits per heavy atom. The Balaban J connectivity index is 1.67. The summed E-state index contributed by atoms with van der Waals surface area (Å²) in [7, 11) is 0. The Bertz CT molecular complexity index is 618. The molecule has 0 aromatic heterocycles. The molecule has 3 rings (SSSR count). The zero-order chi connectivity index (χ0) is 17.1. The van der Waals surface area contributed by atoms with Gasteiger partial charge in [0.15, 0.2) is 0 Å². The molecule has 1 aromatic carbocycles. The SMILES string of the molecule is O=C(O)C1CCCC(C(=O)N2CCCC2Cc2ccccc2Cl)C1. The number of hydrogen-bond acceptors (Lipinski definition) is 2. The van der Waals surface area contributed by atoms with Crippen LogP contribution in [0.1, 0.15) is 44.1 Å². The number of hydrogen-bond donors (Lipinski definition) is 1. The van der Waals surface area contributed by atoms with Gasteiger partial charge in [0.1, 0.15) is 0 Å². The molecule has 1 amide bonds. The lowest BCUT2D eigenvalue weighted by molar-refractivity contribution is -0.145. The molecule has 1 saturated carbocycles. The van der Waals surface area contributed by atoms with E-state index in [1.54, 1.807) is 0 Å². The molecule has 0 radical (unpaired) electrons. The van der Waals surface area contributed by atoms with Crippen molar-refractivity contribution in [1.82, 2.24) is 4.90 Å². The third kappa shape index (κ3) is 3.75. The van der Waals surface area contributed by atoms with Crippen LogP contribution in [0.25, 0.3) is 0 Å². The number of carbonyl (C=O) groups excluding carboxylic acids is 1. The summed E-state index contributed by atoms with van der Waals surface area (Å²) >= 11 is 6.26. The molecule has 130 valence electrons. The number of carboxylic acids is 1. The summed E-state index contributed by atoms with van der Waals surface area (Å²) in [5, 5.41) is 9.99. The van der Waals surface area contributed by atoms with E-state index in [4.69, 9.17) is 11.6 Å². The first-order chi connectivity index (χ1) is 11.6. The second-order valence-electron chi connectivity index (χ2n) is 7.02. The smallest absolute Gasteiger partial charge is 0.306 e. The van der Waals surface area contributed by atoms with Crippen LogP contribution >= 0.6 is 11.6 Å². The lowest BCUT2D eigenvalue weighted by Crippen LogP contribution is -2.42. The quantitative estimate of drug-likeness (QED) is 0.900. The van der Waals surface area contributed by atoms with Gasteiger partial charge >= 0.3 is 5.97 Å². The Hall–Kier alpha value is -1.55. The van der Waals surface area contributed by atoms with E-state index in [1.807, 2.05) is 29.2 Å². The maximum Gasteiger partial charge on any atom is 0.306 e. The molecule has 5 heteroatoms. The first-order valence-corrected chi connectivity index (χ1v) is 9.20. The minimum Gasteiger partial charge on any atom is -0.481 e. The standard InChI is InChI=1S/C19H24ClNO3/c20-17-9-2-1-5-13(17)12-16-8-4-10-21(16)18(22)14-6-3-7-15(11-14)19(23)24/h1-2,5,9,14-16H,3-4,6-8,10-12H2,(H,23,24). The fraction of sp³-hybridized carbons (Fsp3) is 0.579. The van der Waals surface area contributed by atoms with E-state index in [1.165, 1.54) is 0 Å². The van der Waals surface area contributed by atoms with Crippen molar-refractivity contribution in [1.29, 1.82) is 0 Å². The second-order valence-corrected chi connectivity index (χ2v) is 7.43. The maximum absolute atomic E-state index is 13.0. The first-order valence-electron chi connectivity index (χ1n) is 8.83. The third-order valence-electron chi connectivity index (χ3n) is 5.45. The van der Waals surface area contributed by atoms with Gasteiger partial charge in [0.05, 0.1) is 5.92 Å². The monoisotopic (exact) mass is 349 g/mol. The highest BCUT2D eigenvalue weighted by Gasteiger charge is 2.37. The molecule has 0 bridgehead atoms. The Morgan fingerprint density at radius 3 is 2.62 bits per heavy atom. The number of rotatable bonds is 4. The summed E-state index contributed by atoms with van der Waals surface area (Å²) in [6.45, 7) is 0.780. The first kappa shape index (κ1) is 17.3. The summed E-state index contributed by atoms with van der Waals surface area (Å²) in [5.41, 5.74) is 1.08. The molecule has 1 aliphatic heterocycles. The molecule has 2 aliphatic rings. The fourth-order valence-corrected chi connectivity index (χ4v) is 4.34. The zero-order valence-electron chi connectivity index (χ0n) is 13.8. The number of benzene rings is 1. The van der Waals surface area contributed by atoms with Crippen molar-refractivity contribution in [3.05, 3.63) is 34.9 Å². The van der Waals surface area contributed by atoms with Gasteiger partial charge in [0.25, 0.3) is 0 Å². The topological polar surface area (TPSA) is 57.6 Å². The van der Waals surface area contributed by atoms with Gasteiger partial charge in [-0.2, -0.15) is 0 Å². The van der Waals surface area contributed by atoms with Crippen LogP contribution in [-0.2, 0) is 16.0 Å². The van der Waals surface area contributed by atoms with Crippen LogP contribution in [0.15, 0.2) is 24.3 Å². The molecule has 1 aromatic rings. The number of amides is 1. The van der Waals surface area contributed by atoms with Crippen LogP contribution in [-0.4, -0.2) is 34.5 Å². The van der Waals surface area contributed by atoms with Gasteiger partial charge in [-0.1, -0.05) is 36.2 Å². The Labute approximate surface area is 147 Å². The van der Waals surface area contributed by atoms with Crippen molar-refractivity contribution in [3.63, 3.8) is 0 Å². The van der Waals surface area contributed by atoms with Crippen LogP contribution in [0.4, 0.5) is 0 Å². The van der Waals surface area contributed by atoms with E-state index in [0.717, 1.165) is 49.2 Å². The summed E-state index contributed by atoms with van der Waals surface area (Å²) in [5.74, 6) is -1.11. The number of aliphatic carboxylic acids is 1.